The minimum absolute atomic E-state index is 0.0114. The van der Waals surface area contributed by atoms with Crippen molar-refractivity contribution in [1.82, 2.24) is 4.98 Å². The van der Waals surface area contributed by atoms with Gasteiger partial charge in [0.2, 0.25) is 0 Å². The third-order valence-electron chi connectivity index (χ3n) is 4.63. The van der Waals surface area contributed by atoms with Crippen LogP contribution >= 0.6 is 23.1 Å². The summed E-state index contributed by atoms with van der Waals surface area (Å²) in [5, 5.41) is 10.6. The standard InChI is InChI=1S/C22H20N2OS2/c1-26-19-8-3-2-6-17(19)21(23)20-12-15-5-4-7-16(22(15)27-20)18-11-14(13-25)9-10-24-18/h2-12,21,25H,13,23H2,1H3. The lowest BCUT2D eigenvalue weighted by Gasteiger charge is -2.13. The van der Waals surface area contributed by atoms with E-state index < -0.39 is 0 Å². The summed E-state index contributed by atoms with van der Waals surface area (Å²) in [4.78, 5) is 6.85. The number of fused-ring (bicyclic) bond motifs is 1. The second kappa shape index (κ2) is 7.82. The molecule has 0 fully saturated rings. The number of rotatable bonds is 5. The van der Waals surface area contributed by atoms with Gasteiger partial charge in [-0.05, 0) is 47.0 Å². The molecule has 3 nitrogen and oxygen atoms in total. The van der Waals surface area contributed by atoms with Crippen LogP contribution in [0.5, 0.6) is 0 Å². The van der Waals surface area contributed by atoms with Gasteiger partial charge in [-0.3, -0.25) is 4.98 Å². The van der Waals surface area contributed by atoms with E-state index in [2.05, 4.69) is 41.6 Å². The minimum atomic E-state index is -0.157. The Kier molecular flexibility index (Phi) is 5.27. The zero-order valence-corrected chi connectivity index (χ0v) is 16.6. The number of aliphatic hydroxyl groups is 1. The second-order valence-electron chi connectivity index (χ2n) is 6.30. The fraction of sp³-hybridized carbons (Fsp3) is 0.136. The third kappa shape index (κ3) is 3.51. The number of benzene rings is 2. The van der Waals surface area contributed by atoms with Crippen LogP contribution in [0.1, 0.15) is 22.0 Å². The molecule has 2 heterocycles. The fourth-order valence-corrected chi connectivity index (χ4v) is 5.08. The summed E-state index contributed by atoms with van der Waals surface area (Å²) in [6.07, 6.45) is 3.82. The number of pyridine rings is 1. The predicted molar refractivity (Wildman–Crippen MR) is 115 cm³/mol. The van der Waals surface area contributed by atoms with E-state index in [0.29, 0.717) is 0 Å². The molecule has 0 amide bonds. The lowest BCUT2D eigenvalue weighted by Crippen LogP contribution is -2.11. The van der Waals surface area contributed by atoms with Crippen LogP contribution in [0.25, 0.3) is 21.3 Å². The van der Waals surface area contributed by atoms with Crippen molar-refractivity contribution < 1.29 is 5.11 Å². The Morgan fingerprint density at radius 2 is 1.96 bits per heavy atom. The molecule has 0 radical (unpaired) electrons. The highest BCUT2D eigenvalue weighted by atomic mass is 32.2. The number of hydrogen-bond acceptors (Lipinski definition) is 5. The summed E-state index contributed by atoms with van der Waals surface area (Å²) in [7, 11) is 0. The Hall–Kier alpha value is -2.18. The Labute approximate surface area is 166 Å². The van der Waals surface area contributed by atoms with Crippen LogP contribution in [0.3, 0.4) is 0 Å². The van der Waals surface area contributed by atoms with Gasteiger partial charge in [0, 0.05) is 26.2 Å². The average molecular weight is 393 g/mol. The maximum Gasteiger partial charge on any atom is 0.0719 e. The molecule has 4 rings (SSSR count). The molecule has 2 aromatic carbocycles. The molecule has 27 heavy (non-hydrogen) atoms. The van der Waals surface area contributed by atoms with E-state index in [0.717, 1.165) is 27.3 Å². The van der Waals surface area contributed by atoms with Crippen molar-refractivity contribution in [3.63, 3.8) is 0 Å². The molecule has 5 heteroatoms. The molecular formula is C22H20N2OS2. The van der Waals surface area contributed by atoms with Gasteiger partial charge in [0.1, 0.15) is 0 Å². The largest absolute Gasteiger partial charge is 0.392 e. The number of aromatic nitrogens is 1. The predicted octanol–water partition coefficient (Wildman–Crippen LogP) is 5.23. The number of hydrogen-bond donors (Lipinski definition) is 2. The van der Waals surface area contributed by atoms with E-state index in [1.165, 1.54) is 15.0 Å². The number of nitrogens with two attached hydrogens (primary N) is 1. The number of thiophene rings is 1. The lowest BCUT2D eigenvalue weighted by molar-refractivity contribution is 0.282. The maximum atomic E-state index is 9.43. The molecule has 2 aromatic heterocycles. The molecule has 3 N–H and O–H groups in total. The van der Waals surface area contributed by atoms with E-state index in [9.17, 15) is 5.11 Å². The van der Waals surface area contributed by atoms with E-state index in [1.54, 1.807) is 29.3 Å². The molecule has 136 valence electrons. The first-order valence-corrected chi connectivity index (χ1v) is 10.7. The second-order valence-corrected chi connectivity index (χ2v) is 8.23. The van der Waals surface area contributed by atoms with Crippen molar-refractivity contribution in [2.45, 2.75) is 17.5 Å². The van der Waals surface area contributed by atoms with Crippen LogP contribution < -0.4 is 5.73 Å². The SMILES string of the molecule is CSc1ccccc1C(N)c1cc2cccc(-c3cc(CO)ccn3)c2s1. The van der Waals surface area contributed by atoms with Gasteiger partial charge < -0.3 is 10.8 Å². The van der Waals surface area contributed by atoms with Crippen LogP contribution in [-0.2, 0) is 6.61 Å². The Bertz CT molecular complexity index is 1090. The molecule has 4 aromatic rings. The first kappa shape index (κ1) is 18.2. The first-order valence-electron chi connectivity index (χ1n) is 8.68. The van der Waals surface area contributed by atoms with Crippen molar-refractivity contribution in [3.8, 4) is 11.3 Å². The van der Waals surface area contributed by atoms with Gasteiger partial charge >= 0.3 is 0 Å². The quantitative estimate of drug-likeness (QED) is 0.457. The molecule has 0 aliphatic carbocycles. The Morgan fingerprint density at radius 1 is 1.11 bits per heavy atom. The zero-order valence-electron chi connectivity index (χ0n) is 14.9. The molecule has 1 atom stereocenters. The van der Waals surface area contributed by atoms with Crippen molar-refractivity contribution in [2.75, 3.05) is 6.26 Å². The first-order chi connectivity index (χ1) is 13.2. The number of nitrogens with zero attached hydrogens (tertiary/aromatic N) is 1. The van der Waals surface area contributed by atoms with Gasteiger partial charge in [0.15, 0.2) is 0 Å². The molecule has 1 unspecified atom stereocenters. The summed E-state index contributed by atoms with van der Waals surface area (Å²) < 4.78 is 1.17. The highest BCUT2D eigenvalue weighted by Crippen LogP contribution is 2.39. The highest BCUT2D eigenvalue weighted by molar-refractivity contribution is 7.98. The fourth-order valence-electron chi connectivity index (χ4n) is 3.23. The number of thioether (sulfide) groups is 1. The van der Waals surface area contributed by atoms with E-state index in [-0.39, 0.29) is 12.6 Å². The summed E-state index contributed by atoms with van der Waals surface area (Å²) in [6, 6.07) is 20.3. The smallest absolute Gasteiger partial charge is 0.0719 e. The number of aliphatic hydroxyl groups excluding tert-OH is 1. The van der Waals surface area contributed by atoms with Gasteiger partial charge in [0.25, 0.3) is 0 Å². The highest BCUT2D eigenvalue weighted by Gasteiger charge is 2.17. The molecule has 0 saturated carbocycles. The molecule has 0 saturated heterocycles. The van der Waals surface area contributed by atoms with E-state index >= 15 is 0 Å². The monoisotopic (exact) mass is 392 g/mol. The van der Waals surface area contributed by atoms with E-state index in [4.69, 9.17) is 5.73 Å². The molecular weight excluding hydrogens is 372 g/mol. The molecule has 0 bridgehead atoms. The van der Waals surface area contributed by atoms with Crippen molar-refractivity contribution in [3.05, 3.63) is 82.9 Å². The molecule has 0 aliphatic heterocycles. The lowest BCUT2D eigenvalue weighted by atomic mass is 10.0. The average Bonchev–Trinajstić information content (AvgIpc) is 3.17. The van der Waals surface area contributed by atoms with Crippen LogP contribution in [0, 0.1) is 0 Å². The summed E-state index contributed by atoms with van der Waals surface area (Å²) in [6.45, 7) is 0.0114. The van der Waals surface area contributed by atoms with Crippen molar-refractivity contribution in [1.29, 1.82) is 0 Å². The van der Waals surface area contributed by atoms with Crippen LogP contribution in [0.2, 0.25) is 0 Å². The van der Waals surface area contributed by atoms with Gasteiger partial charge in [0.05, 0.1) is 18.3 Å². The Balaban J connectivity index is 1.81. The summed E-state index contributed by atoms with van der Waals surface area (Å²) in [5.41, 5.74) is 10.6. The van der Waals surface area contributed by atoms with Gasteiger partial charge in [-0.1, -0.05) is 36.4 Å². The molecule has 0 spiro atoms. The normalized spacial score (nSPS) is 12.4. The zero-order chi connectivity index (χ0) is 18.8. The third-order valence-corrected chi connectivity index (χ3v) is 6.71. The van der Waals surface area contributed by atoms with Gasteiger partial charge in [-0.2, -0.15) is 0 Å². The van der Waals surface area contributed by atoms with Crippen molar-refractivity contribution in [2.24, 2.45) is 5.73 Å². The van der Waals surface area contributed by atoms with Crippen LogP contribution in [0.4, 0.5) is 0 Å². The molecule has 0 aliphatic rings. The van der Waals surface area contributed by atoms with Gasteiger partial charge in [-0.25, -0.2) is 0 Å². The van der Waals surface area contributed by atoms with E-state index in [1.807, 2.05) is 30.3 Å². The van der Waals surface area contributed by atoms with Crippen molar-refractivity contribution >= 4 is 33.2 Å². The Morgan fingerprint density at radius 3 is 2.78 bits per heavy atom. The van der Waals surface area contributed by atoms with Crippen LogP contribution in [-0.4, -0.2) is 16.3 Å². The summed E-state index contributed by atoms with van der Waals surface area (Å²) >= 11 is 3.44. The van der Waals surface area contributed by atoms with Gasteiger partial charge in [-0.15, -0.1) is 23.1 Å². The topological polar surface area (TPSA) is 59.1 Å². The van der Waals surface area contributed by atoms with Crippen LogP contribution in [0.15, 0.2) is 71.8 Å². The summed E-state index contributed by atoms with van der Waals surface area (Å²) in [5.74, 6) is 0. The maximum absolute atomic E-state index is 9.43. The minimum Gasteiger partial charge on any atom is -0.392 e.